The van der Waals surface area contributed by atoms with Crippen LogP contribution in [0.5, 0.6) is 11.5 Å². The summed E-state index contributed by atoms with van der Waals surface area (Å²) < 4.78 is 47.9. The van der Waals surface area contributed by atoms with E-state index in [1.165, 1.54) is 13.1 Å². The number of nitrogens with zero attached hydrogens (tertiary/aromatic N) is 1. The fourth-order valence-corrected chi connectivity index (χ4v) is 3.67. The first-order chi connectivity index (χ1) is 17.1. The van der Waals surface area contributed by atoms with Gasteiger partial charge in [-0.25, -0.2) is 4.79 Å². The number of esters is 2. The molecule has 1 N–H and O–H groups in total. The Bertz CT molecular complexity index is 1010. The molecule has 0 aliphatic carbocycles. The molecule has 0 saturated carbocycles. The second kappa shape index (κ2) is 12.4. The van der Waals surface area contributed by atoms with Crippen LogP contribution in [0.25, 0.3) is 0 Å². The molecule has 0 aromatic heterocycles. The number of rotatable bonds is 9. The van der Waals surface area contributed by atoms with E-state index < -0.39 is 40.6 Å². The molecular formula is C25H34F3N2O7+. The molecule has 1 heterocycles. The van der Waals surface area contributed by atoms with Gasteiger partial charge >= 0.3 is 24.1 Å². The number of quaternary nitrogens is 1. The highest BCUT2D eigenvalue weighted by atomic mass is 19.4. The van der Waals surface area contributed by atoms with Crippen molar-refractivity contribution in [3.05, 3.63) is 23.8 Å². The van der Waals surface area contributed by atoms with Crippen molar-refractivity contribution in [1.29, 1.82) is 0 Å². The number of hydroxylamine groups is 3. The molecule has 1 aromatic carbocycles. The Balaban J connectivity index is 2.01. The quantitative estimate of drug-likeness (QED) is 0.296. The predicted molar refractivity (Wildman–Crippen MR) is 125 cm³/mol. The summed E-state index contributed by atoms with van der Waals surface area (Å²) in [6.07, 6.45) is -3.89. The van der Waals surface area contributed by atoms with Gasteiger partial charge in [0, 0.05) is 13.0 Å². The summed E-state index contributed by atoms with van der Waals surface area (Å²) in [6, 6.07) is 4.74. The van der Waals surface area contributed by atoms with Crippen LogP contribution >= 0.6 is 0 Å². The van der Waals surface area contributed by atoms with Crippen molar-refractivity contribution in [2.24, 2.45) is 17.8 Å². The molecule has 9 nitrogen and oxygen atoms in total. The minimum atomic E-state index is -5.11. The predicted octanol–water partition coefficient (Wildman–Crippen LogP) is 3.35. The third kappa shape index (κ3) is 9.03. The maximum absolute atomic E-state index is 12.7. The van der Waals surface area contributed by atoms with Gasteiger partial charge in [0.05, 0.1) is 17.8 Å². The number of hydrogen-bond acceptors (Lipinski definition) is 7. The maximum atomic E-state index is 12.7. The van der Waals surface area contributed by atoms with E-state index in [-0.39, 0.29) is 43.0 Å². The molecular weight excluding hydrogens is 497 g/mol. The molecule has 0 bridgehead atoms. The number of carbonyl (C=O) groups is 4. The number of nitrogens with one attached hydrogen (secondary N) is 1. The van der Waals surface area contributed by atoms with E-state index in [9.17, 15) is 32.3 Å². The van der Waals surface area contributed by atoms with Crippen LogP contribution in [0.2, 0.25) is 0 Å². The number of ether oxygens (including phenoxy) is 2. The summed E-state index contributed by atoms with van der Waals surface area (Å²) in [6.45, 7) is 6.99. The monoisotopic (exact) mass is 531 g/mol. The van der Waals surface area contributed by atoms with Gasteiger partial charge in [0.25, 0.3) is 0 Å². The van der Waals surface area contributed by atoms with Gasteiger partial charge in [0.1, 0.15) is 20.1 Å². The molecule has 2 unspecified atom stereocenters. The molecule has 2 rings (SSSR count). The van der Waals surface area contributed by atoms with Crippen LogP contribution in [-0.2, 0) is 30.4 Å². The lowest BCUT2D eigenvalue weighted by Crippen LogP contribution is -2.56. The smallest absolute Gasteiger partial charge is 0.422 e. The van der Waals surface area contributed by atoms with Gasteiger partial charge in [0.15, 0.2) is 11.5 Å². The average Bonchev–Trinajstić information content (AvgIpc) is 2.79. The van der Waals surface area contributed by atoms with E-state index in [0.29, 0.717) is 24.8 Å². The number of hydrogen-bond donors (Lipinski definition) is 1. The largest absolute Gasteiger partial charge is 0.497 e. The lowest BCUT2D eigenvalue weighted by molar-refractivity contribution is -1.08. The highest BCUT2D eigenvalue weighted by Crippen LogP contribution is 2.30. The normalized spacial score (nSPS) is 19.9. The molecule has 2 atom stereocenters. The molecule has 1 amide bonds. The van der Waals surface area contributed by atoms with Gasteiger partial charge in [-0.2, -0.15) is 13.2 Å². The van der Waals surface area contributed by atoms with E-state index in [4.69, 9.17) is 9.47 Å². The number of alkyl halides is 3. The van der Waals surface area contributed by atoms with Gasteiger partial charge in [-0.3, -0.25) is 19.2 Å². The van der Waals surface area contributed by atoms with Gasteiger partial charge < -0.3 is 14.8 Å². The Kier molecular flexibility index (Phi) is 10.1. The molecule has 0 spiro atoms. The molecule has 1 aliphatic rings. The Morgan fingerprint density at radius 3 is 2.19 bits per heavy atom. The molecule has 12 heteroatoms. The number of likely N-dealkylation sites (tertiary alicyclic amines) is 1. The molecule has 1 aliphatic heterocycles. The summed E-state index contributed by atoms with van der Waals surface area (Å²) in [5.41, 5.74) is 0.694. The maximum Gasteiger partial charge on any atom is 0.497 e. The topological polar surface area (TPSA) is 108 Å². The Morgan fingerprint density at radius 1 is 1.03 bits per heavy atom. The minimum absolute atomic E-state index is 0.0706. The number of halogens is 3. The van der Waals surface area contributed by atoms with Crippen LogP contribution in [0.1, 0.15) is 46.1 Å². The van der Waals surface area contributed by atoms with Crippen LogP contribution in [0.15, 0.2) is 18.2 Å². The van der Waals surface area contributed by atoms with E-state index >= 15 is 0 Å². The zero-order valence-corrected chi connectivity index (χ0v) is 21.6. The zero-order chi connectivity index (χ0) is 28.0. The lowest BCUT2D eigenvalue weighted by Gasteiger charge is -2.37. The van der Waals surface area contributed by atoms with Crippen LogP contribution in [0.3, 0.4) is 0 Å². The van der Waals surface area contributed by atoms with Crippen molar-refractivity contribution >= 4 is 23.8 Å². The number of benzene rings is 1. The fourth-order valence-electron chi connectivity index (χ4n) is 3.67. The van der Waals surface area contributed by atoms with Gasteiger partial charge in [0.2, 0.25) is 5.91 Å². The molecule has 1 fully saturated rings. The molecule has 0 radical (unpaired) electrons. The standard InChI is InChI=1S/C25H33F3N2O7/c1-15(2)22(32)35-19-9-8-17(13-20(19)36-23(33)16(3)4)10-11-29-21(31)18-7-6-12-30(5,14-18)37-24(34)25(26,27)28/h8-9,13,15-16,18H,6-7,10-12,14H2,1-5H3/p+1. The summed E-state index contributed by atoms with van der Waals surface area (Å²) in [7, 11) is 1.34. The molecule has 1 saturated heterocycles. The van der Waals surface area contributed by atoms with E-state index in [0.717, 1.165) is 0 Å². The van der Waals surface area contributed by atoms with Crippen molar-refractivity contribution in [3.63, 3.8) is 0 Å². The van der Waals surface area contributed by atoms with Crippen LogP contribution in [0.4, 0.5) is 13.2 Å². The average molecular weight is 532 g/mol. The zero-order valence-electron chi connectivity index (χ0n) is 21.6. The van der Waals surface area contributed by atoms with Crippen molar-refractivity contribution in [1.82, 2.24) is 5.32 Å². The molecule has 206 valence electrons. The second-order valence-corrected chi connectivity index (χ2v) is 9.89. The minimum Gasteiger partial charge on any atom is -0.422 e. The molecule has 37 heavy (non-hydrogen) atoms. The first-order valence-corrected chi connectivity index (χ1v) is 12.1. The first kappa shape index (κ1) is 30.1. The van der Waals surface area contributed by atoms with Crippen LogP contribution in [0, 0.1) is 17.8 Å². The Hall–Kier alpha value is -3.15. The Morgan fingerprint density at radius 2 is 1.62 bits per heavy atom. The second-order valence-electron chi connectivity index (χ2n) is 9.89. The van der Waals surface area contributed by atoms with Crippen molar-refractivity contribution in [2.75, 3.05) is 26.7 Å². The first-order valence-electron chi connectivity index (χ1n) is 12.1. The van der Waals surface area contributed by atoms with Crippen molar-refractivity contribution in [2.45, 2.75) is 53.1 Å². The number of amides is 1. The van der Waals surface area contributed by atoms with Gasteiger partial charge in [-0.1, -0.05) is 33.8 Å². The Labute approximate surface area is 213 Å². The number of carbonyl (C=O) groups excluding carboxylic acids is 4. The van der Waals surface area contributed by atoms with Crippen molar-refractivity contribution < 1.29 is 51.3 Å². The highest BCUT2D eigenvalue weighted by molar-refractivity contribution is 5.79. The number of piperidine rings is 1. The lowest BCUT2D eigenvalue weighted by atomic mass is 9.97. The van der Waals surface area contributed by atoms with E-state index in [2.05, 4.69) is 10.2 Å². The van der Waals surface area contributed by atoms with Crippen LogP contribution < -0.4 is 14.8 Å². The van der Waals surface area contributed by atoms with Crippen LogP contribution in [-0.4, -0.2) is 61.3 Å². The van der Waals surface area contributed by atoms with E-state index in [1.54, 1.807) is 39.8 Å². The summed E-state index contributed by atoms with van der Waals surface area (Å²) in [5.74, 6) is -4.87. The van der Waals surface area contributed by atoms with Crippen molar-refractivity contribution in [3.8, 4) is 11.5 Å². The summed E-state index contributed by atoms with van der Waals surface area (Å²) in [5, 5.41) is 2.76. The summed E-state index contributed by atoms with van der Waals surface area (Å²) >= 11 is 0. The van der Waals surface area contributed by atoms with Gasteiger partial charge in [-0.15, -0.1) is 4.65 Å². The highest BCUT2D eigenvalue weighted by Gasteiger charge is 2.48. The summed E-state index contributed by atoms with van der Waals surface area (Å²) in [4.78, 5) is 52.7. The van der Waals surface area contributed by atoms with Gasteiger partial charge in [-0.05, 0) is 30.5 Å². The third-order valence-electron chi connectivity index (χ3n) is 5.78. The third-order valence-corrected chi connectivity index (χ3v) is 5.78. The van der Waals surface area contributed by atoms with E-state index in [1.807, 2.05) is 0 Å². The fraction of sp³-hybridized carbons (Fsp3) is 0.600. The SMILES string of the molecule is CC(C)C(=O)Oc1ccc(CCNC(=O)C2CCC[N+](C)(OC(=O)C(F)(F)F)C2)cc1OC(=O)C(C)C. The molecule has 1 aromatic rings.